The first kappa shape index (κ1) is 12.4. The van der Waals surface area contributed by atoms with E-state index in [-0.39, 0.29) is 5.60 Å². The molecule has 0 aromatic heterocycles. The van der Waals surface area contributed by atoms with Gasteiger partial charge in [-0.2, -0.15) is 0 Å². The number of ether oxygens (including phenoxy) is 1. The van der Waals surface area contributed by atoms with Crippen molar-refractivity contribution in [1.82, 2.24) is 0 Å². The van der Waals surface area contributed by atoms with E-state index in [0.717, 1.165) is 12.8 Å². The van der Waals surface area contributed by atoms with Crippen molar-refractivity contribution in [1.29, 1.82) is 0 Å². The highest BCUT2D eigenvalue weighted by Crippen LogP contribution is 2.16. The zero-order valence-electron chi connectivity index (χ0n) is 9.34. The molecular weight excluding hydrogens is 160 g/mol. The van der Waals surface area contributed by atoms with Crippen LogP contribution in [0.3, 0.4) is 0 Å². The largest absolute Gasteiger partial charge is 0.374 e. The second-order valence-electron chi connectivity index (χ2n) is 3.72. The Labute approximate surface area is 82.5 Å². The predicted octanol–water partition coefficient (Wildman–Crippen LogP) is 3.57. The highest BCUT2D eigenvalue weighted by Gasteiger charge is 2.15. The molecule has 0 radical (unpaired) electrons. The van der Waals surface area contributed by atoms with Gasteiger partial charge in [-0.15, -0.1) is 6.58 Å². The highest BCUT2D eigenvalue weighted by molar-refractivity contribution is 5.00. The van der Waals surface area contributed by atoms with Crippen LogP contribution in [0.4, 0.5) is 0 Å². The Morgan fingerprint density at radius 3 is 2.54 bits per heavy atom. The lowest BCUT2D eigenvalue weighted by Crippen LogP contribution is -2.22. The van der Waals surface area contributed by atoms with Crippen LogP contribution in [-0.4, -0.2) is 12.7 Å². The van der Waals surface area contributed by atoms with Crippen LogP contribution in [0.1, 0.15) is 33.6 Å². The van der Waals surface area contributed by atoms with Crippen LogP contribution in [0.15, 0.2) is 24.8 Å². The van der Waals surface area contributed by atoms with E-state index in [1.54, 1.807) is 7.11 Å². The number of methoxy groups -OCH3 is 1. The van der Waals surface area contributed by atoms with E-state index >= 15 is 0 Å². The zero-order chi connectivity index (χ0) is 10.3. The molecule has 0 saturated heterocycles. The van der Waals surface area contributed by atoms with Gasteiger partial charge < -0.3 is 4.74 Å². The SMILES string of the molecule is C=CC(C)C/C=C/C(C)(CC)OC. The van der Waals surface area contributed by atoms with Gasteiger partial charge in [0.2, 0.25) is 0 Å². The molecule has 76 valence electrons. The van der Waals surface area contributed by atoms with Crippen LogP contribution in [-0.2, 0) is 4.74 Å². The van der Waals surface area contributed by atoms with Crippen LogP contribution in [0.2, 0.25) is 0 Å². The minimum Gasteiger partial charge on any atom is -0.374 e. The maximum Gasteiger partial charge on any atom is 0.0828 e. The minimum absolute atomic E-state index is 0.0963. The van der Waals surface area contributed by atoms with Gasteiger partial charge in [0.25, 0.3) is 0 Å². The number of allylic oxidation sites excluding steroid dienone is 2. The molecule has 0 N–H and O–H groups in total. The van der Waals surface area contributed by atoms with Crippen LogP contribution < -0.4 is 0 Å². The Hall–Kier alpha value is -0.560. The summed E-state index contributed by atoms with van der Waals surface area (Å²) in [5.41, 5.74) is -0.0963. The Morgan fingerprint density at radius 2 is 2.15 bits per heavy atom. The van der Waals surface area contributed by atoms with Gasteiger partial charge in [-0.3, -0.25) is 0 Å². The normalized spacial score (nSPS) is 18.5. The van der Waals surface area contributed by atoms with Gasteiger partial charge in [0, 0.05) is 7.11 Å². The molecule has 0 heterocycles. The Morgan fingerprint density at radius 1 is 1.54 bits per heavy atom. The Kier molecular flexibility index (Phi) is 5.72. The van der Waals surface area contributed by atoms with Gasteiger partial charge >= 0.3 is 0 Å². The van der Waals surface area contributed by atoms with Crippen molar-refractivity contribution in [2.45, 2.75) is 39.2 Å². The summed E-state index contributed by atoms with van der Waals surface area (Å²) in [4.78, 5) is 0. The van der Waals surface area contributed by atoms with E-state index in [1.807, 2.05) is 6.08 Å². The fourth-order valence-corrected chi connectivity index (χ4v) is 0.958. The molecule has 0 bridgehead atoms. The molecular formula is C12H22O. The van der Waals surface area contributed by atoms with Crippen molar-refractivity contribution in [3.63, 3.8) is 0 Å². The molecule has 0 amide bonds. The first-order valence-corrected chi connectivity index (χ1v) is 4.93. The van der Waals surface area contributed by atoms with Crippen molar-refractivity contribution in [3.8, 4) is 0 Å². The smallest absolute Gasteiger partial charge is 0.0828 e. The highest BCUT2D eigenvalue weighted by atomic mass is 16.5. The summed E-state index contributed by atoms with van der Waals surface area (Å²) in [6, 6.07) is 0. The summed E-state index contributed by atoms with van der Waals surface area (Å²) in [6.45, 7) is 10.1. The van der Waals surface area contributed by atoms with Crippen molar-refractivity contribution in [2.75, 3.05) is 7.11 Å². The van der Waals surface area contributed by atoms with Gasteiger partial charge in [-0.05, 0) is 25.7 Å². The molecule has 13 heavy (non-hydrogen) atoms. The Balaban J connectivity index is 4.01. The molecule has 0 saturated carbocycles. The summed E-state index contributed by atoms with van der Waals surface area (Å²) >= 11 is 0. The van der Waals surface area contributed by atoms with Crippen LogP contribution in [0, 0.1) is 5.92 Å². The van der Waals surface area contributed by atoms with Crippen LogP contribution in [0.25, 0.3) is 0 Å². The predicted molar refractivity (Wildman–Crippen MR) is 58.8 cm³/mol. The number of rotatable bonds is 6. The van der Waals surface area contributed by atoms with E-state index in [2.05, 4.69) is 39.5 Å². The average molecular weight is 182 g/mol. The summed E-state index contributed by atoms with van der Waals surface area (Å²) in [6.07, 6.45) is 8.34. The summed E-state index contributed by atoms with van der Waals surface area (Å²) in [7, 11) is 1.75. The van der Waals surface area contributed by atoms with Gasteiger partial charge in [-0.25, -0.2) is 0 Å². The van der Waals surface area contributed by atoms with E-state index in [1.165, 1.54) is 0 Å². The second-order valence-corrected chi connectivity index (χ2v) is 3.72. The monoisotopic (exact) mass is 182 g/mol. The molecule has 0 spiro atoms. The van der Waals surface area contributed by atoms with Crippen molar-refractivity contribution in [2.24, 2.45) is 5.92 Å². The third-order valence-corrected chi connectivity index (χ3v) is 2.55. The lowest BCUT2D eigenvalue weighted by atomic mass is 10.0. The molecule has 0 aliphatic carbocycles. The molecule has 0 rings (SSSR count). The second kappa shape index (κ2) is 5.98. The number of hydrogen-bond acceptors (Lipinski definition) is 1. The average Bonchev–Trinajstić information content (AvgIpc) is 2.17. The zero-order valence-corrected chi connectivity index (χ0v) is 9.34. The number of hydrogen-bond donors (Lipinski definition) is 0. The van der Waals surface area contributed by atoms with E-state index in [4.69, 9.17) is 4.74 Å². The lowest BCUT2D eigenvalue weighted by molar-refractivity contribution is 0.0454. The molecule has 2 unspecified atom stereocenters. The van der Waals surface area contributed by atoms with Gasteiger partial charge in [0.1, 0.15) is 0 Å². The quantitative estimate of drug-likeness (QED) is 0.571. The first-order chi connectivity index (χ1) is 6.08. The van der Waals surface area contributed by atoms with Crippen molar-refractivity contribution < 1.29 is 4.74 Å². The third-order valence-electron chi connectivity index (χ3n) is 2.55. The minimum atomic E-state index is -0.0963. The standard InChI is InChI=1S/C12H22O/c1-6-11(3)9-8-10-12(4,7-2)13-5/h6,8,10-11H,1,7,9H2,2-5H3/b10-8+. The van der Waals surface area contributed by atoms with Gasteiger partial charge in [0.05, 0.1) is 5.60 Å². The van der Waals surface area contributed by atoms with Crippen LogP contribution in [0.5, 0.6) is 0 Å². The van der Waals surface area contributed by atoms with E-state index < -0.39 is 0 Å². The molecule has 0 aromatic carbocycles. The topological polar surface area (TPSA) is 9.23 Å². The fourth-order valence-electron chi connectivity index (χ4n) is 0.958. The molecule has 0 aromatic rings. The van der Waals surface area contributed by atoms with Crippen molar-refractivity contribution >= 4 is 0 Å². The van der Waals surface area contributed by atoms with E-state index in [9.17, 15) is 0 Å². The summed E-state index contributed by atoms with van der Waals surface area (Å²) in [5, 5.41) is 0. The molecule has 0 aliphatic rings. The molecule has 1 nitrogen and oxygen atoms in total. The Bertz CT molecular complexity index is 166. The van der Waals surface area contributed by atoms with E-state index in [0.29, 0.717) is 5.92 Å². The van der Waals surface area contributed by atoms with Gasteiger partial charge in [0.15, 0.2) is 0 Å². The maximum absolute atomic E-state index is 5.39. The lowest BCUT2D eigenvalue weighted by Gasteiger charge is -2.22. The fraction of sp³-hybridized carbons (Fsp3) is 0.667. The van der Waals surface area contributed by atoms with Crippen molar-refractivity contribution in [3.05, 3.63) is 24.8 Å². The molecule has 0 aliphatic heterocycles. The third kappa shape index (κ3) is 4.89. The molecule has 2 atom stereocenters. The molecule has 1 heteroatoms. The molecule has 0 fully saturated rings. The maximum atomic E-state index is 5.39. The summed E-state index contributed by atoms with van der Waals surface area (Å²) in [5.74, 6) is 0.550. The van der Waals surface area contributed by atoms with Gasteiger partial charge in [-0.1, -0.05) is 32.1 Å². The first-order valence-electron chi connectivity index (χ1n) is 4.93. The van der Waals surface area contributed by atoms with Crippen LogP contribution >= 0.6 is 0 Å². The summed E-state index contributed by atoms with van der Waals surface area (Å²) < 4.78 is 5.39.